The summed E-state index contributed by atoms with van der Waals surface area (Å²) in [6, 6.07) is 2.59. The van der Waals surface area contributed by atoms with Gasteiger partial charge in [0.05, 0.1) is 16.4 Å². The van der Waals surface area contributed by atoms with Gasteiger partial charge in [-0.15, -0.1) is 0 Å². The van der Waals surface area contributed by atoms with Crippen LogP contribution in [0.4, 0.5) is 0 Å². The molecule has 0 atom stereocenters. The largest absolute Gasteiger partial charge is 0.244 e. The molecule has 6 nitrogen and oxygen atoms in total. The second-order valence-corrected chi connectivity index (χ2v) is 8.50. The maximum atomic E-state index is 12.2. The van der Waals surface area contributed by atoms with Crippen molar-refractivity contribution in [1.82, 2.24) is 9.29 Å². The summed E-state index contributed by atoms with van der Waals surface area (Å²) in [5.41, 5.74) is 0. The number of aromatic nitrogens is 1. The predicted octanol–water partition coefficient (Wildman–Crippen LogP) is 0.154. The monoisotopic (exact) mass is 310 g/mol. The molecule has 0 amide bonds. The Balaban J connectivity index is 2.28. The summed E-state index contributed by atoms with van der Waals surface area (Å²) in [4.78, 5) is 3.74. The van der Waals surface area contributed by atoms with E-state index in [9.17, 15) is 16.8 Å². The fourth-order valence-corrected chi connectivity index (χ4v) is 4.76. The van der Waals surface area contributed by atoms with E-state index < -0.39 is 19.9 Å². The lowest BCUT2D eigenvalue weighted by molar-refractivity contribution is 0.430. The van der Waals surface area contributed by atoms with Crippen LogP contribution in [0, 0.1) is 0 Å². The SMILES string of the molecule is O=S1(=O)CCN(S(=O)(=O)c2ccnc(Cl)c2)CC1. The van der Waals surface area contributed by atoms with Gasteiger partial charge in [0.15, 0.2) is 9.84 Å². The number of hydrogen-bond donors (Lipinski definition) is 0. The van der Waals surface area contributed by atoms with Crippen LogP contribution in [0.15, 0.2) is 23.2 Å². The Kier molecular flexibility index (Phi) is 3.63. The molecule has 0 aromatic carbocycles. The summed E-state index contributed by atoms with van der Waals surface area (Å²) >= 11 is 5.65. The minimum Gasteiger partial charge on any atom is -0.244 e. The van der Waals surface area contributed by atoms with Crippen molar-refractivity contribution in [2.75, 3.05) is 24.6 Å². The Morgan fingerprint density at radius 1 is 1.28 bits per heavy atom. The quantitative estimate of drug-likeness (QED) is 0.726. The molecule has 1 fully saturated rings. The molecule has 1 aromatic heterocycles. The molecule has 2 rings (SSSR count). The Labute approximate surface area is 111 Å². The van der Waals surface area contributed by atoms with Crippen LogP contribution in [-0.2, 0) is 19.9 Å². The summed E-state index contributed by atoms with van der Waals surface area (Å²) in [6.07, 6.45) is 1.30. The fraction of sp³-hybridized carbons (Fsp3) is 0.444. The average Bonchev–Trinajstić information content (AvgIpc) is 2.28. The first-order valence-electron chi connectivity index (χ1n) is 5.13. The van der Waals surface area contributed by atoms with Crippen molar-refractivity contribution in [3.63, 3.8) is 0 Å². The minimum atomic E-state index is -3.69. The first-order valence-corrected chi connectivity index (χ1v) is 8.77. The second kappa shape index (κ2) is 4.76. The molecule has 0 aliphatic carbocycles. The highest BCUT2D eigenvalue weighted by molar-refractivity contribution is 7.92. The number of pyridine rings is 1. The van der Waals surface area contributed by atoms with Gasteiger partial charge in [-0.05, 0) is 12.1 Å². The molecule has 18 heavy (non-hydrogen) atoms. The molecule has 1 saturated heterocycles. The maximum absolute atomic E-state index is 12.2. The van der Waals surface area contributed by atoms with E-state index in [4.69, 9.17) is 11.6 Å². The minimum absolute atomic E-state index is 0.0232. The van der Waals surface area contributed by atoms with Crippen LogP contribution in [0.3, 0.4) is 0 Å². The Morgan fingerprint density at radius 2 is 1.89 bits per heavy atom. The molecule has 0 N–H and O–H groups in total. The average molecular weight is 311 g/mol. The van der Waals surface area contributed by atoms with Crippen molar-refractivity contribution in [1.29, 1.82) is 0 Å². The van der Waals surface area contributed by atoms with Crippen LogP contribution in [0.1, 0.15) is 0 Å². The van der Waals surface area contributed by atoms with Crippen LogP contribution < -0.4 is 0 Å². The third kappa shape index (κ3) is 2.82. The summed E-state index contributed by atoms with van der Waals surface area (Å²) < 4.78 is 48.1. The van der Waals surface area contributed by atoms with Crippen LogP contribution in [0.2, 0.25) is 5.15 Å². The highest BCUT2D eigenvalue weighted by Gasteiger charge is 2.31. The molecule has 0 radical (unpaired) electrons. The summed E-state index contributed by atoms with van der Waals surface area (Å²) in [5.74, 6) is -0.296. The molecule has 0 unspecified atom stereocenters. The number of sulfonamides is 1. The van der Waals surface area contributed by atoms with E-state index in [0.717, 1.165) is 4.31 Å². The molecule has 1 aromatic rings. The van der Waals surface area contributed by atoms with E-state index in [1.165, 1.54) is 18.3 Å². The zero-order valence-corrected chi connectivity index (χ0v) is 11.7. The number of nitrogens with zero attached hydrogens (tertiary/aromatic N) is 2. The van der Waals surface area contributed by atoms with E-state index in [1.807, 2.05) is 0 Å². The van der Waals surface area contributed by atoms with Crippen LogP contribution in [0.25, 0.3) is 0 Å². The molecule has 1 aliphatic heterocycles. The molecule has 0 bridgehead atoms. The lowest BCUT2D eigenvalue weighted by Crippen LogP contribution is -2.43. The molecule has 9 heteroatoms. The van der Waals surface area contributed by atoms with Gasteiger partial charge in [0.25, 0.3) is 0 Å². The van der Waals surface area contributed by atoms with E-state index in [0.29, 0.717) is 0 Å². The van der Waals surface area contributed by atoms with Crippen molar-refractivity contribution in [2.45, 2.75) is 4.90 Å². The van der Waals surface area contributed by atoms with Gasteiger partial charge in [0.2, 0.25) is 10.0 Å². The van der Waals surface area contributed by atoms with Crippen molar-refractivity contribution in [2.24, 2.45) is 0 Å². The molecular weight excluding hydrogens is 300 g/mol. The first-order chi connectivity index (χ1) is 8.31. The number of sulfone groups is 1. The van der Waals surface area contributed by atoms with Gasteiger partial charge in [-0.3, -0.25) is 0 Å². The summed E-state index contributed by atoms with van der Waals surface area (Å²) in [5, 5.41) is 0.0840. The zero-order chi connectivity index (χ0) is 13.4. The predicted molar refractivity (Wildman–Crippen MR) is 66.7 cm³/mol. The summed E-state index contributed by atoms with van der Waals surface area (Å²) in [7, 11) is -6.80. The first kappa shape index (κ1) is 13.7. The van der Waals surface area contributed by atoms with E-state index in [2.05, 4.69) is 4.98 Å². The maximum Gasteiger partial charge on any atom is 0.243 e. The Bertz CT molecular complexity index is 643. The zero-order valence-electron chi connectivity index (χ0n) is 9.28. The lowest BCUT2D eigenvalue weighted by atomic mass is 10.5. The number of rotatable bonds is 2. The van der Waals surface area contributed by atoms with Gasteiger partial charge in [-0.25, -0.2) is 21.8 Å². The van der Waals surface area contributed by atoms with Crippen molar-refractivity contribution in [3.8, 4) is 0 Å². The van der Waals surface area contributed by atoms with Gasteiger partial charge >= 0.3 is 0 Å². The second-order valence-electron chi connectivity index (χ2n) is 3.87. The van der Waals surface area contributed by atoms with E-state index >= 15 is 0 Å². The van der Waals surface area contributed by atoms with Crippen LogP contribution in [0.5, 0.6) is 0 Å². The summed E-state index contributed by atoms with van der Waals surface area (Å²) in [6.45, 7) is -0.0464. The topological polar surface area (TPSA) is 84.4 Å². The van der Waals surface area contributed by atoms with Crippen LogP contribution in [-0.4, -0.2) is 50.7 Å². The number of halogens is 1. The third-order valence-corrected chi connectivity index (χ3v) is 6.35. The molecule has 1 aliphatic rings. The van der Waals surface area contributed by atoms with Gasteiger partial charge in [-0.1, -0.05) is 11.6 Å². The molecule has 2 heterocycles. The molecule has 0 spiro atoms. The molecule has 100 valence electrons. The van der Waals surface area contributed by atoms with Gasteiger partial charge < -0.3 is 0 Å². The highest BCUT2D eigenvalue weighted by Crippen LogP contribution is 2.19. The molecular formula is C9H11ClN2O4S2. The van der Waals surface area contributed by atoms with Crippen molar-refractivity contribution >= 4 is 31.5 Å². The normalized spacial score (nSPS) is 20.7. The van der Waals surface area contributed by atoms with E-state index in [1.54, 1.807) is 0 Å². The van der Waals surface area contributed by atoms with Crippen molar-refractivity contribution in [3.05, 3.63) is 23.5 Å². The van der Waals surface area contributed by atoms with Gasteiger partial charge in [0.1, 0.15) is 5.15 Å². The van der Waals surface area contributed by atoms with Gasteiger partial charge in [-0.2, -0.15) is 4.31 Å². The van der Waals surface area contributed by atoms with E-state index in [-0.39, 0.29) is 34.6 Å². The molecule has 0 saturated carbocycles. The number of hydrogen-bond acceptors (Lipinski definition) is 5. The third-order valence-electron chi connectivity index (χ3n) is 2.64. The van der Waals surface area contributed by atoms with Gasteiger partial charge in [0, 0.05) is 19.3 Å². The Morgan fingerprint density at radius 3 is 2.44 bits per heavy atom. The van der Waals surface area contributed by atoms with Crippen molar-refractivity contribution < 1.29 is 16.8 Å². The fourth-order valence-electron chi connectivity index (χ4n) is 1.63. The Hall–Kier alpha value is -0.700. The lowest BCUT2D eigenvalue weighted by Gasteiger charge is -2.25. The smallest absolute Gasteiger partial charge is 0.243 e. The standard InChI is InChI=1S/C9H11ClN2O4S2/c10-9-7-8(1-2-11-9)18(15,16)12-3-5-17(13,14)6-4-12/h1-2,7H,3-6H2. The highest BCUT2D eigenvalue weighted by atomic mass is 35.5. The van der Waals surface area contributed by atoms with Crippen LogP contribution >= 0.6 is 11.6 Å².